The minimum absolute atomic E-state index is 0.110. The predicted molar refractivity (Wildman–Crippen MR) is 79.7 cm³/mol. The maximum Gasteiger partial charge on any atom is 0.0879 e. The van der Waals surface area contributed by atoms with Gasteiger partial charge in [0.1, 0.15) is 0 Å². The lowest BCUT2D eigenvalue weighted by molar-refractivity contribution is 0.142. The van der Waals surface area contributed by atoms with Crippen LogP contribution in [0.2, 0.25) is 0 Å². The number of aryl methyl sites for hydroxylation is 2. The van der Waals surface area contributed by atoms with Gasteiger partial charge in [0, 0.05) is 24.9 Å². The molecule has 0 aromatic carbocycles. The third kappa shape index (κ3) is 4.96. The molecule has 0 aliphatic carbocycles. The molecule has 1 aromatic rings. The summed E-state index contributed by atoms with van der Waals surface area (Å²) in [6.45, 7) is 12.4. The summed E-state index contributed by atoms with van der Waals surface area (Å²) in [5.41, 5.74) is 2.56. The Balaban J connectivity index is 2.88. The van der Waals surface area contributed by atoms with E-state index in [0.717, 1.165) is 25.1 Å². The second-order valence-corrected chi connectivity index (χ2v) is 6.02. The SMILES string of the molecule is CCc1cc(CC)n(C(CNC(C)(C)C)COC)n1. The number of rotatable bonds is 7. The topological polar surface area (TPSA) is 39.1 Å². The van der Waals surface area contributed by atoms with Gasteiger partial charge < -0.3 is 10.1 Å². The first kappa shape index (κ1) is 16.2. The van der Waals surface area contributed by atoms with E-state index in [1.54, 1.807) is 7.11 Å². The number of aromatic nitrogens is 2. The van der Waals surface area contributed by atoms with Crippen LogP contribution in [-0.2, 0) is 17.6 Å². The molecule has 0 saturated heterocycles. The molecule has 1 rings (SSSR count). The Morgan fingerprint density at radius 3 is 2.47 bits per heavy atom. The Kier molecular flexibility index (Phi) is 6.01. The summed E-state index contributed by atoms with van der Waals surface area (Å²) in [7, 11) is 1.75. The van der Waals surface area contributed by atoms with E-state index in [1.807, 2.05) is 0 Å². The molecule has 4 heteroatoms. The van der Waals surface area contributed by atoms with Gasteiger partial charge in [-0.2, -0.15) is 5.10 Å². The number of hydrogen-bond acceptors (Lipinski definition) is 3. The molecular formula is C15H29N3O. The van der Waals surface area contributed by atoms with Crippen LogP contribution in [0.25, 0.3) is 0 Å². The molecule has 4 nitrogen and oxygen atoms in total. The van der Waals surface area contributed by atoms with E-state index in [9.17, 15) is 0 Å². The van der Waals surface area contributed by atoms with Crippen molar-refractivity contribution in [2.24, 2.45) is 0 Å². The molecule has 1 heterocycles. The van der Waals surface area contributed by atoms with Gasteiger partial charge in [0.2, 0.25) is 0 Å². The van der Waals surface area contributed by atoms with Crippen LogP contribution in [0.4, 0.5) is 0 Å². The first-order chi connectivity index (χ1) is 8.91. The zero-order valence-electron chi connectivity index (χ0n) is 13.3. The lowest BCUT2D eigenvalue weighted by atomic mass is 10.1. The van der Waals surface area contributed by atoms with E-state index in [-0.39, 0.29) is 11.6 Å². The Morgan fingerprint density at radius 1 is 1.32 bits per heavy atom. The second kappa shape index (κ2) is 7.06. The Labute approximate surface area is 117 Å². The summed E-state index contributed by atoms with van der Waals surface area (Å²) < 4.78 is 7.51. The van der Waals surface area contributed by atoms with Crippen LogP contribution in [-0.4, -0.2) is 35.6 Å². The molecule has 1 N–H and O–H groups in total. The summed E-state index contributed by atoms with van der Waals surface area (Å²) >= 11 is 0. The molecule has 19 heavy (non-hydrogen) atoms. The first-order valence-corrected chi connectivity index (χ1v) is 7.22. The van der Waals surface area contributed by atoms with Crippen molar-refractivity contribution in [2.45, 2.75) is 59.0 Å². The number of ether oxygens (including phenoxy) is 1. The van der Waals surface area contributed by atoms with Gasteiger partial charge in [0.05, 0.1) is 18.3 Å². The summed E-state index contributed by atoms with van der Waals surface area (Å²) in [5, 5.41) is 8.26. The lowest BCUT2D eigenvalue weighted by Crippen LogP contribution is -2.41. The summed E-state index contributed by atoms with van der Waals surface area (Å²) in [6.07, 6.45) is 1.98. The largest absolute Gasteiger partial charge is 0.382 e. The third-order valence-corrected chi connectivity index (χ3v) is 3.16. The van der Waals surface area contributed by atoms with Gasteiger partial charge in [-0.3, -0.25) is 4.68 Å². The number of methoxy groups -OCH3 is 1. The van der Waals surface area contributed by atoms with Crippen LogP contribution < -0.4 is 5.32 Å². The predicted octanol–water partition coefficient (Wildman–Crippen LogP) is 2.58. The molecule has 0 aliphatic heterocycles. The molecule has 0 fully saturated rings. The van der Waals surface area contributed by atoms with Crippen molar-refractivity contribution in [3.05, 3.63) is 17.5 Å². The Morgan fingerprint density at radius 2 is 2.00 bits per heavy atom. The minimum atomic E-state index is 0.110. The van der Waals surface area contributed by atoms with E-state index >= 15 is 0 Å². The highest BCUT2D eigenvalue weighted by Gasteiger charge is 2.19. The van der Waals surface area contributed by atoms with E-state index in [4.69, 9.17) is 9.84 Å². The van der Waals surface area contributed by atoms with Gasteiger partial charge in [-0.05, 0) is 39.7 Å². The summed E-state index contributed by atoms with van der Waals surface area (Å²) in [5.74, 6) is 0. The van der Waals surface area contributed by atoms with Crippen molar-refractivity contribution in [2.75, 3.05) is 20.3 Å². The second-order valence-electron chi connectivity index (χ2n) is 6.02. The molecular weight excluding hydrogens is 238 g/mol. The Bertz CT molecular complexity index is 379. The van der Waals surface area contributed by atoms with Crippen molar-refractivity contribution >= 4 is 0 Å². The van der Waals surface area contributed by atoms with Crippen molar-refractivity contribution in [1.29, 1.82) is 0 Å². The fraction of sp³-hybridized carbons (Fsp3) is 0.800. The average molecular weight is 267 g/mol. The highest BCUT2D eigenvalue weighted by atomic mass is 16.5. The van der Waals surface area contributed by atoms with Crippen LogP contribution in [0.15, 0.2) is 6.07 Å². The van der Waals surface area contributed by atoms with Gasteiger partial charge in [0.15, 0.2) is 0 Å². The van der Waals surface area contributed by atoms with Crippen molar-refractivity contribution in [3.8, 4) is 0 Å². The van der Waals surface area contributed by atoms with Gasteiger partial charge in [-0.15, -0.1) is 0 Å². The highest BCUT2D eigenvalue weighted by molar-refractivity contribution is 5.11. The molecule has 0 saturated carbocycles. The zero-order valence-corrected chi connectivity index (χ0v) is 13.3. The smallest absolute Gasteiger partial charge is 0.0879 e. The standard InChI is InChI=1S/C15H29N3O/c1-7-12-9-13(8-2)18(17-12)14(11-19-6)10-16-15(3,4)5/h9,14,16H,7-8,10-11H2,1-6H3. The van der Waals surface area contributed by atoms with Crippen molar-refractivity contribution in [1.82, 2.24) is 15.1 Å². The Hall–Kier alpha value is -0.870. The van der Waals surface area contributed by atoms with Crippen LogP contribution in [0.5, 0.6) is 0 Å². The van der Waals surface area contributed by atoms with Gasteiger partial charge in [0.25, 0.3) is 0 Å². The van der Waals surface area contributed by atoms with Gasteiger partial charge in [-0.25, -0.2) is 0 Å². The van der Waals surface area contributed by atoms with E-state index in [1.165, 1.54) is 5.69 Å². The fourth-order valence-corrected chi connectivity index (χ4v) is 2.08. The highest BCUT2D eigenvalue weighted by Crippen LogP contribution is 2.14. The normalized spacial score (nSPS) is 13.8. The number of nitrogens with one attached hydrogen (secondary N) is 1. The summed E-state index contributed by atoms with van der Waals surface area (Å²) in [6, 6.07) is 2.46. The van der Waals surface area contributed by atoms with Crippen LogP contribution in [0.3, 0.4) is 0 Å². The molecule has 0 radical (unpaired) electrons. The quantitative estimate of drug-likeness (QED) is 0.825. The van der Waals surface area contributed by atoms with E-state index in [0.29, 0.717) is 6.61 Å². The fourth-order valence-electron chi connectivity index (χ4n) is 2.08. The van der Waals surface area contributed by atoms with Crippen molar-refractivity contribution in [3.63, 3.8) is 0 Å². The zero-order chi connectivity index (χ0) is 14.5. The van der Waals surface area contributed by atoms with Crippen LogP contribution >= 0.6 is 0 Å². The van der Waals surface area contributed by atoms with Crippen molar-refractivity contribution < 1.29 is 4.74 Å². The molecule has 1 atom stereocenters. The van der Waals surface area contributed by atoms with E-state index in [2.05, 4.69) is 50.7 Å². The minimum Gasteiger partial charge on any atom is -0.382 e. The average Bonchev–Trinajstić information content (AvgIpc) is 2.76. The molecule has 0 amide bonds. The van der Waals surface area contributed by atoms with Crippen LogP contribution in [0, 0.1) is 0 Å². The third-order valence-electron chi connectivity index (χ3n) is 3.16. The maximum absolute atomic E-state index is 5.37. The first-order valence-electron chi connectivity index (χ1n) is 7.22. The monoisotopic (exact) mass is 267 g/mol. The molecule has 0 aliphatic rings. The molecule has 0 spiro atoms. The van der Waals surface area contributed by atoms with E-state index < -0.39 is 0 Å². The molecule has 1 aromatic heterocycles. The molecule has 1 unspecified atom stereocenters. The van der Waals surface area contributed by atoms with Gasteiger partial charge >= 0.3 is 0 Å². The van der Waals surface area contributed by atoms with Crippen LogP contribution in [0.1, 0.15) is 52.0 Å². The molecule has 0 bridgehead atoms. The number of nitrogens with zero attached hydrogens (tertiary/aromatic N) is 2. The lowest BCUT2D eigenvalue weighted by Gasteiger charge is -2.26. The van der Waals surface area contributed by atoms with Gasteiger partial charge in [-0.1, -0.05) is 13.8 Å². The maximum atomic E-state index is 5.37. The summed E-state index contributed by atoms with van der Waals surface area (Å²) in [4.78, 5) is 0. The number of hydrogen-bond donors (Lipinski definition) is 1. The molecule has 110 valence electrons.